The van der Waals surface area contributed by atoms with Crippen molar-refractivity contribution in [3.05, 3.63) is 33.1 Å². The highest BCUT2D eigenvalue weighted by molar-refractivity contribution is 4.92. The maximum atomic E-state index is 11.6. The summed E-state index contributed by atoms with van der Waals surface area (Å²) in [4.78, 5) is 24.5. The first-order valence-electron chi connectivity index (χ1n) is 5.45. The predicted octanol–water partition coefficient (Wildman–Crippen LogP) is -2.60. The fraction of sp³-hybridized carbons (Fsp3) is 0.600. The number of H-pyrrole nitrogens is 1. The van der Waals surface area contributed by atoms with Crippen molar-refractivity contribution in [1.29, 1.82) is 0 Å². The SMILES string of the molecule is O=c1ccn([C@@H]2O[C@H](CO)[C@@H](CO)[C@@H]2O)c(=O)[nH]1. The average Bonchev–Trinajstić information content (AvgIpc) is 2.66. The van der Waals surface area contributed by atoms with Crippen molar-refractivity contribution in [2.75, 3.05) is 13.2 Å². The number of ether oxygens (including phenoxy) is 1. The van der Waals surface area contributed by atoms with Crippen LogP contribution in [0.4, 0.5) is 0 Å². The Hall–Kier alpha value is -1.48. The Balaban J connectivity index is 2.34. The lowest BCUT2D eigenvalue weighted by molar-refractivity contribution is -0.0538. The zero-order chi connectivity index (χ0) is 13.3. The molecule has 1 saturated heterocycles. The van der Waals surface area contributed by atoms with Crippen LogP contribution >= 0.6 is 0 Å². The Labute approximate surface area is 101 Å². The van der Waals surface area contributed by atoms with Crippen molar-refractivity contribution < 1.29 is 20.1 Å². The van der Waals surface area contributed by atoms with Gasteiger partial charge in [-0.05, 0) is 0 Å². The predicted molar refractivity (Wildman–Crippen MR) is 58.9 cm³/mol. The zero-order valence-corrected chi connectivity index (χ0v) is 9.39. The number of aromatic nitrogens is 2. The van der Waals surface area contributed by atoms with Crippen molar-refractivity contribution >= 4 is 0 Å². The summed E-state index contributed by atoms with van der Waals surface area (Å²) in [6, 6.07) is 1.12. The van der Waals surface area contributed by atoms with E-state index in [0.29, 0.717) is 0 Å². The summed E-state index contributed by atoms with van der Waals surface area (Å²) < 4.78 is 6.33. The monoisotopic (exact) mass is 258 g/mol. The molecule has 18 heavy (non-hydrogen) atoms. The fourth-order valence-corrected chi connectivity index (χ4v) is 2.05. The molecule has 0 unspecified atom stereocenters. The molecule has 0 bridgehead atoms. The molecule has 4 atom stereocenters. The highest BCUT2D eigenvalue weighted by atomic mass is 16.5. The molecule has 1 fully saturated rings. The molecule has 1 aromatic heterocycles. The summed E-state index contributed by atoms with van der Waals surface area (Å²) in [5.41, 5.74) is -1.28. The van der Waals surface area contributed by atoms with E-state index >= 15 is 0 Å². The van der Waals surface area contributed by atoms with E-state index in [1.54, 1.807) is 0 Å². The highest BCUT2D eigenvalue weighted by Crippen LogP contribution is 2.32. The van der Waals surface area contributed by atoms with E-state index in [1.807, 2.05) is 4.98 Å². The first kappa shape index (κ1) is 13.0. The molecule has 2 heterocycles. The Bertz CT molecular complexity index is 524. The average molecular weight is 258 g/mol. The van der Waals surface area contributed by atoms with Crippen LogP contribution in [0.25, 0.3) is 0 Å². The number of rotatable bonds is 3. The van der Waals surface area contributed by atoms with Gasteiger partial charge >= 0.3 is 5.69 Å². The van der Waals surface area contributed by atoms with Gasteiger partial charge in [-0.25, -0.2) is 4.79 Å². The summed E-state index contributed by atoms with van der Waals surface area (Å²) in [7, 11) is 0. The molecule has 0 saturated carbocycles. The van der Waals surface area contributed by atoms with Crippen LogP contribution in [-0.4, -0.2) is 50.3 Å². The number of hydrogen-bond acceptors (Lipinski definition) is 6. The largest absolute Gasteiger partial charge is 0.396 e. The quantitative estimate of drug-likeness (QED) is 0.471. The van der Waals surface area contributed by atoms with Crippen LogP contribution in [0.3, 0.4) is 0 Å². The van der Waals surface area contributed by atoms with Gasteiger partial charge in [0.1, 0.15) is 6.10 Å². The topological polar surface area (TPSA) is 125 Å². The molecule has 0 amide bonds. The van der Waals surface area contributed by atoms with Gasteiger partial charge in [0.25, 0.3) is 5.56 Å². The minimum absolute atomic E-state index is 0.374. The van der Waals surface area contributed by atoms with Gasteiger partial charge in [-0.15, -0.1) is 0 Å². The molecule has 8 nitrogen and oxygen atoms in total. The first-order chi connectivity index (χ1) is 8.58. The lowest BCUT2D eigenvalue weighted by Crippen LogP contribution is -2.36. The molecule has 1 aliphatic rings. The van der Waals surface area contributed by atoms with E-state index < -0.39 is 35.6 Å². The van der Waals surface area contributed by atoms with Crippen molar-refractivity contribution in [3.63, 3.8) is 0 Å². The fourth-order valence-electron chi connectivity index (χ4n) is 2.05. The second-order valence-electron chi connectivity index (χ2n) is 4.10. The van der Waals surface area contributed by atoms with Gasteiger partial charge in [0.05, 0.1) is 19.3 Å². The van der Waals surface area contributed by atoms with E-state index in [2.05, 4.69) is 0 Å². The number of nitrogens with zero attached hydrogens (tertiary/aromatic N) is 1. The molecule has 8 heteroatoms. The molecular formula is C10H14N2O6. The molecule has 0 aliphatic carbocycles. The molecule has 1 aromatic rings. The summed E-state index contributed by atoms with van der Waals surface area (Å²) in [5, 5.41) is 28.1. The summed E-state index contributed by atoms with van der Waals surface area (Å²) in [6.07, 6.45) is -1.74. The van der Waals surface area contributed by atoms with Crippen molar-refractivity contribution in [3.8, 4) is 0 Å². The molecule has 1 aliphatic heterocycles. The third-order valence-corrected chi connectivity index (χ3v) is 3.04. The molecular weight excluding hydrogens is 244 g/mol. The number of hydrogen-bond donors (Lipinski definition) is 4. The number of aliphatic hydroxyl groups excluding tert-OH is 3. The lowest BCUT2D eigenvalue weighted by Gasteiger charge is -2.17. The Morgan fingerprint density at radius 3 is 2.56 bits per heavy atom. The summed E-state index contributed by atoms with van der Waals surface area (Å²) in [6.45, 7) is -0.752. The summed E-state index contributed by atoms with van der Waals surface area (Å²) in [5.74, 6) is -0.682. The maximum absolute atomic E-state index is 11.6. The van der Waals surface area contributed by atoms with E-state index in [4.69, 9.17) is 14.9 Å². The highest BCUT2D eigenvalue weighted by Gasteiger charge is 2.44. The summed E-state index contributed by atoms with van der Waals surface area (Å²) >= 11 is 0. The van der Waals surface area contributed by atoms with Crippen molar-refractivity contribution in [2.24, 2.45) is 5.92 Å². The molecule has 0 radical (unpaired) electrons. The van der Waals surface area contributed by atoms with E-state index in [1.165, 1.54) is 6.20 Å². The number of nitrogens with one attached hydrogen (secondary N) is 1. The first-order valence-corrected chi connectivity index (χ1v) is 5.45. The van der Waals surface area contributed by atoms with E-state index in [9.17, 15) is 14.7 Å². The van der Waals surface area contributed by atoms with Gasteiger partial charge in [-0.3, -0.25) is 14.3 Å². The van der Waals surface area contributed by atoms with Gasteiger partial charge in [0.15, 0.2) is 6.23 Å². The van der Waals surface area contributed by atoms with Crippen LogP contribution in [0.2, 0.25) is 0 Å². The van der Waals surface area contributed by atoms with Gasteiger partial charge in [0.2, 0.25) is 0 Å². The van der Waals surface area contributed by atoms with Crippen LogP contribution in [-0.2, 0) is 4.74 Å². The Morgan fingerprint density at radius 2 is 2.06 bits per heavy atom. The van der Waals surface area contributed by atoms with Crippen LogP contribution in [0, 0.1) is 5.92 Å². The standard InChI is InChI=1S/C10H14N2O6/c13-3-5-6(4-14)18-9(8(5)16)12-2-1-7(15)11-10(12)17/h1-2,5-6,8-9,13-14,16H,3-4H2,(H,11,15,17)/t5-,6-,8+,9-/m1/s1. The third-order valence-electron chi connectivity index (χ3n) is 3.04. The van der Waals surface area contributed by atoms with E-state index in [0.717, 1.165) is 10.6 Å². The number of aliphatic hydroxyl groups is 3. The van der Waals surface area contributed by atoms with Crippen LogP contribution in [0.5, 0.6) is 0 Å². The zero-order valence-electron chi connectivity index (χ0n) is 9.39. The van der Waals surface area contributed by atoms with Crippen LogP contribution in [0.1, 0.15) is 6.23 Å². The molecule has 0 aromatic carbocycles. The van der Waals surface area contributed by atoms with Gasteiger partial charge in [-0.2, -0.15) is 0 Å². The van der Waals surface area contributed by atoms with E-state index in [-0.39, 0.29) is 13.2 Å². The van der Waals surface area contributed by atoms with Crippen LogP contribution < -0.4 is 11.2 Å². The normalized spacial score (nSPS) is 31.7. The Morgan fingerprint density at radius 1 is 1.33 bits per heavy atom. The molecule has 0 spiro atoms. The van der Waals surface area contributed by atoms with Crippen LogP contribution in [0.15, 0.2) is 21.9 Å². The van der Waals surface area contributed by atoms with Gasteiger partial charge in [-0.1, -0.05) is 0 Å². The van der Waals surface area contributed by atoms with Gasteiger partial charge < -0.3 is 20.1 Å². The maximum Gasteiger partial charge on any atom is 0.330 e. The molecule has 2 rings (SSSR count). The van der Waals surface area contributed by atoms with Crippen molar-refractivity contribution in [1.82, 2.24) is 9.55 Å². The second-order valence-corrected chi connectivity index (χ2v) is 4.10. The third kappa shape index (κ3) is 2.10. The minimum atomic E-state index is -1.14. The van der Waals surface area contributed by atoms with Gasteiger partial charge in [0, 0.05) is 18.2 Å². The number of aromatic amines is 1. The Kier molecular flexibility index (Phi) is 3.62. The molecule has 4 N–H and O–H groups in total. The lowest BCUT2D eigenvalue weighted by atomic mass is 9.99. The van der Waals surface area contributed by atoms with Crippen molar-refractivity contribution in [2.45, 2.75) is 18.4 Å². The molecule has 100 valence electrons. The minimum Gasteiger partial charge on any atom is -0.396 e. The second kappa shape index (κ2) is 5.02. The smallest absolute Gasteiger partial charge is 0.330 e.